The van der Waals surface area contributed by atoms with Gasteiger partial charge < -0.3 is 9.72 Å². The Morgan fingerprint density at radius 3 is 2.94 bits per heavy atom. The lowest BCUT2D eigenvalue weighted by Gasteiger charge is -2.11. The summed E-state index contributed by atoms with van der Waals surface area (Å²) in [6, 6.07) is 5.50. The minimum Gasteiger partial charge on any atom is -0.496 e. The number of H-pyrrole nitrogens is 1. The molecular weight excluding hydrogens is 418 g/mol. The number of nitro groups is 1. The number of ether oxygens (including phenoxy) is 1. The molecule has 3 aromatic heterocycles. The summed E-state index contributed by atoms with van der Waals surface area (Å²) in [6.07, 6.45) is 6.78. The predicted octanol–water partition coefficient (Wildman–Crippen LogP) is 3.69. The number of nitrogens with one attached hydrogen (secondary N) is 1. The molecule has 9 nitrogen and oxygen atoms in total. The van der Waals surface area contributed by atoms with Crippen LogP contribution in [0, 0.1) is 10.1 Å². The zero-order chi connectivity index (χ0) is 21.5. The number of fused-ring (bicyclic) bond motifs is 3. The quantitative estimate of drug-likeness (QED) is 0.376. The fraction of sp³-hybridized carbons (Fsp3) is 0.286. The van der Waals surface area contributed by atoms with Gasteiger partial charge in [0.25, 0.3) is 5.56 Å². The van der Waals surface area contributed by atoms with Crippen LogP contribution >= 0.6 is 11.3 Å². The molecule has 0 saturated carbocycles. The highest BCUT2D eigenvalue weighted by atomic mass is 32.1. The van der Waals surface area contributed by atoms with Crippen LogP contribution in [0.25, 0.3) is 21.6 Å². The van der Waals surface area contributed by atoms with Gasteiger partial charge in [0.05, 0.1) is 24.0 Å². The molecule has 0 fully saturated rings. The Kier molecular flexibility index (Phi) is 4.78. The Balaban J connectivity index is 1.55. The summed E-state index contributed by atoms with van der Waals surface area (Å²) < 4.78 is 6.93. The first-order valence-corrected chi connectivity index (χ1v) is 10.7. The first kappa shape index (κ1) is 19.4. The summed E-state index contributed by atoms with van der Waals surface area (Å²) in [7, 11) is 1.56. The van der Waals surface area contributed by atoms with Crippen molar-refractivity contribution in [2.75, 3.05) is 7.11 Å². The van der Waals surface area contributed by atoms with E-state index in [-0.39, 0.29) is 17.8 Å². The number of benzene rings is 1. The van der Waals surface area contributed by atoms with Gasteiger partial charge in [-0.2, -0.15) is 5.10 Å². The monoisotopic (exact) mass is 437 g/mol. The minimum absolute atomic E-state index is 0.0757. The number of hydrogen-bond donors (Lipinski definition) is 1. The van der Waals surface area contributed by atoms with Gasteiger partial charge in [-0.05, 0) is 49.4 Å². The van der Waals surface area contributed by atoms with E-state index in [2.05, 4.69) is 10.1 Å². The molecule has 0 saturated heterocycles. The molecule has 0 aliphatic heterocycles. The molecule has 1 aliphatic rings. The molecule has 0 amide bonds. The fourth-order valence-electron chi connectivity index (χ4n) is 4.06. The molecule has 0 bridgehead atoms. The second kappa shape index (κ2) is 7.62. The predicted molar refractivity (Wildman–Crippen MR) is 117 cm³/mol. The van der Waals surface area contributed by atoms with E-state index in [4.69, 9.17) is 9.72 Å². The standard InChI is InChI=1S/C21H19N5O4S/c1-30-16-7-6-12(8-13(16)10-25-11-14(9-22-25)26(28)29)19-23-20(27)18-15-4-2-3-5-17(15)31-21(18)24-19/h6-9,11H,2-5,10H2,1H3,(H,23,24,27). The second-order valence-electron chi connectivity index (χ2n) is 7.49. The summed E-state index contributed by atoms with van der Waals surface area (Å²) in [5, 5.41) is 15.7. The van der Waals surface area contributed by atoms with E-state index in [9.17, 15) is 14.9 Å². The van der Waals surface area contributed by atoms with Crippen molar-refractivity contribution in [1.82, 2.24) is 19.7 Å². The van der Waals surface area contributed by atoms with Gasteiger partial charge in [-0.1, -0.05) is 0 Å². The van der Waals surface area contributed by atoms with Crippen molar-refractivity contribution < 1.29 is 9.66 Å². The molecule has 0 atom stereocenters. The molecule has 1 aliphatic carbocycles. The molecule has 0 unspecified atom stereocenters. The van der Waals surface area contributed by atoms with Crippen LogP contribution in [0.3, 0.4) is 0 Å². The Morgan fingerprint density at radius 1 is 1.32 bits per heavy atom. The number of thiophene rings is 1. The molecule has 1 aromatic carbocycles. The number of aryl methyl sites for hydroxylation is 2. The minimum atomic E-state index is -0.484. The fourth-order valence-corrected chi connectivity index (χ4v) is 5.32. The van der Waals surface area contributed by atoms with Gasteiger partial charge in [0.2, 0.25) is 0 Å². The van der Waals surface area contributed by atoms with Gasteiger partial charge in [0, 0.05) is 16.0 Å². The molecule has 3 heterocycles. The first-order valence-electron chi connectivity index (χ1n) is 9.92. The zero-order valence-corrected chi connectivity index (χ0v) is 17.6. The van der Waals surface area contributed by atoms with Crippen molar-refractivity contribution in [1.29, 1.82) is 0 Å². The first-order chi connectivity index (χ1) is 15.0. The third kappa shape index (κ3) is 3.48. The Morgan fingerprint density at radius 2 is 2.16 bits per heavy atom. The number of aromatic nitrogens is 4. The summed E-state index contributed by atoms with van der Waals surface area (Å²) in [5.41, 5.74) is 2.48. The SMILES string of the molecule is COc1ccc(-c2nc3sc4c(c3c(=O)[nH]2)CCCC4)cc1Cn1cc([N+](=O)[O-])cn1. The van der Waals surface area contributed by atoms with Crippen molar-refractivity contribution in [2.45, 2.75) is 32.2 Å². The normalized spacial score (nSPS) is 13.3. The van der Waals surface area contributed by atoms with Gasteiger partial charge >= 0.3 is 5.69 Å². The third-order valence-electron chi connectivity index (χ3n) is 5.54. The average Bonchev–Trinajstić information content (AvgIpc) is 3.38. The molecule has 10 heteroatoms. The highest BCUT2D eigenvalue weighted by Gasteiger charge is 2.20. The molecule has 5 rings (SSSR count). The number of rotatable bonds is 5. The molecule has 0 radical (unpaired) electrons. The Hall–Kier alpha value is -3.53. The Labute approximate surface area is 180 Å². The lowest BCUT2D eigenvalue weighted by molar-refractivity contribution is -0.385. The van der Waals surface area contributed by atoms with Crippen LogP contribution in [0.4, 0.5) is 5.69 Å². The summed E-state index contributed by atoms with van der Waals surface area (Å²) in [5.74, 6) is 1.11. The molecule has 4 aromatic rings. The van der Waals surface area contributed by atoms with Gasteiger partial charge in [0.15, 0.2) is 0 Å². The molecule has 158 valence electrons. The van der Waals surface area contributed by atoms with E-state index < -0.39 is 4.92 Å². The largest absolute Gasteiger partial charge is 0.496 e. The highest BCUT2D eigenvalue weighted by molar-refractivity contribution is 7.18. The van der Waals surface area contributed by atoms with Gasteiger partial charge in [-0.3, -0.25) is 19.6 Å². The molecule has 0 spiro atoms. The number of nitrogens with zero attached hydrogens (tertiary/aromatic N) is 4. The van der Waals surface area contributed by atoms with Crippen LogP contribution in [0.5, 0.6) is 5.75 Å². The van der Waals surface area contributed by atoms with Crippen LogP contribution < -0.4 is 10.3 Å². The average molecular weight is 437 g/mol. The maximum atomic E-state index is 12.9. The van der Waals surface area contributed by atoms with E-state index in [0.717, 1.165) is 52.6 Å². The van der Waals surface area contributed by atoms with Crippen LogP contribution in [-0.2, 0) is 19.4 Å². The third-order valence-corrected chi connectivity index (χ3v) is 6.73. The zero-order valence-electron chi connectivity index (χ0n) is 16.8. The van der Waals surface area contributed by atoms with Gasteiger partial charge in [-0.25, -0.2) is 4.98 Å². The summed E-state index contributed by atoms with van der Waals surface area (Å²) >= 11 is 1.61. The summed E-state index contributed by atoms with van der Waals surface area (Å²) in [4.78, 5) is 33.1. The van der Waals surface area contributed by atoms with Gasteiger partial charge in [-0.15, -0.1) is 11.3 Å². The van der Waals surface area contributed by atoms with E-state index in [1.807, 2.05) is 12.1 Å². The molecule has 1 N–H and O–H groups in total. The van der Waals surface area contributed by atoms with E-state index >= 15 is 0 Å². The maximum absolute atomic E-state index is 12.9. The number of hydrogen-bond acceptors (Lipinski definition) is 7. The lowest BCUT2D eigenvalue weighted by atomic mass is 9.97. The van der Waals surface area contributed by atoms with Gasteiger partial charge in [0.1, 0.15) is 28.8 Å². The summed E-state index contributed by atoms with van der Waals surface area (Å²) in [6.45, 7) is 0.282. The van der Waals surface area contributed by atoms with E-state index in [0.29, 0.717) is 11.6 Å². The molecular formula is C21H19N5O4S. The van der Waals surface area contributed by atoms with Crippen molar-refractivity contribution >= 4 is 27.2 Å². The maximum Gasteiger partial charge on any atom is 0.307 e. The number of methoxy groups -OCH3 is 1. The van der Waals surface area contributed by atoms with Crippen LogP contribution in [0.1, 0.15) is 28.8 Å². The van der Waals surface area contributed by atoms with Crippen LogP contribution in [0.15, 0.2) is 35.4 Å². The highest BCUT2D eigenvalue weighted by Crippen LogP contribution is 2.34. The lowest BCUT2D eigenvalue weighted by Crippen LogP contribution is -2.11. The topological polar surface area (TPSA) is 116 Å². The van der Waals surface area contributed by atoms with Crippen molar-refractivity contribution in [3.05, 3.63) is 67.1 Å². The van der Waals surface area contributed by atoms with Crippen LogP contribution in [-0.4, -0.2) is 31.8 Å². The second-order valence-corrected chi connectivity index (χ2v) is 8.57. The van der Waals surface area contributed by atoms with Crippen molar-refractivity contribution in [3.63, 3.8) is 0 Å². The van der Waals surface area contributed by atoms with E-state index in [1.165, 1.54) is 22.0 Å². The van der Waals surface area contributed by atoms with Crippen molar-refractivity contribution in [3.8, 4) is 17.1 Å². The van der Waals surface area contributed by atoms with E-state index in [1.54, 1.807) is 24.5 Å². The Bertz CT molecular complexity index is 1370. The van der Waals surface area contributed by atoms with Crippen LogP contribution in [0.2, 0.25) is 0 Å². The van der Waals surface area contributed by atoms with Crippen molar-refractivity contribution in [2.24, 2.45) is 0 Å². The number of aromatic amines is 1. The smallest absolute Gasteiger partial charge is 0.307 e. The molecule has 31 heavy (non-hydrogen) atoms.